The molecule has 0 radical (unpaired) electrons. The molecule has 2 rings (SSSR count). The van der Waals surface area contributed by atoms with Gasteiger partial charge in [-0.1, -0.05) is 44.2 Å². The molecule has 1 fully saturated rings. The van der Waals surface area contributed by atoms with Crippen LogP contribution in [0.4, 0.5) is 0 Å². The van der Waals surface area contributed by atoms with Crippen molar-refractivity contribution in [3.8, 4) is 0 Å². The molecular formula is C17H27ClN2O. The highest BCUT2D eigenvalue weighted by molar-refractivity contribution is 5.85. The van der Waals surface area contributed by atoms with E-state index in [4.69, 9.17) is 5.73 Å². The van der Waals surface area contributed by atoms with E-state index in [2.05, 4.69) is 31.2 Å². The Hall–Kier alpha value is -1.06. The van der Waals surface area contributed by atoms with E-state index in [1.165, 1.54) is 5.56 Å². The third-order valence-electron chi connectivity index (χ3n) is 4.54. The van der Waals surface area contributed by atoms with E-state index in [-0.39, 0.29) is 36.3 Å². The average Bonchev–Trinajstić information content (AvgIpc) is 2.80. The Balaban J connectivity index is 0.00000220. The minimum atomic E-state index is -0.368. The predicted octanol–water partition coefficient (Wildman–Crippen LogP) is 2.87. The number of hydrogen-bond donors (Lipinski definition) is 1. The van der Waals surface area contributed by atoms with Crippen LogP contribution in [0.3, 0.4) is 0 Å². The summed E-state index contributed by atoms with van der Waals surface area (Å²) in [5.41, 5.74) is 7.36. The van der Waals surface area contributed by atoms with Crippen molar-refractivity contribution in [2.75, 3.05) is 6.54 Å². The van der Waals surface area contributed by atoms with Crippen LogP contribution < -0.4 is 5.73 Å². The van der Waals surface area contributed by atoms with E-state index in [9.17, 15) is 4.79 Å². The molecule has 1 aromatic rings. The van der Waals surface area contributed by atoms with Crippen molar-refractivity contribution in [1.29, 1.82) is 0 Å². The average molecular weight is 311 g/mol. The predicted molar refractivity (Wildman–Crippen MR) is 89.5 cm³/mol. The number of benzene rings is 1. The summed E-state index contributed by atoms with van der Waals surface area (Å²) >= 11 is 0. The Morgan fingerprint density at radius 2 is 1.95 bits per heavy atom. The Morgan fingerprint density at radius 1 is 1.33 bits per heavy atom. The van der Waals surface area contributed by atoms with Gasteiger partial charge in [-0.05, 0) is 37.2 Å². The standard InChI is InChI=1S/C17H26N2O.ClH/c1-12(2)16(18)17(20)19-10-9-15(13(19)3)11-14-7-5-4-6-8-14;/h4-8,12-13,15-16H,9-11,18H2,1-3H3;1H/t13?,15?,16-;/m0./s1. The fraction of sp³-hybridized carbons (Fsp3) is 0.588. The van der Waals surface area contributed by atoms with Crippen LogP contribution in [0, 0.1) is 11.8 Å². The minimum absolute atomic E-state index is 0. The second-order valence-corrected chi connectivity index (χ2v) is 6.28. The first-order valence-corrected chi connectivity index (χ1v) is 7.60. The lowest BCUT2D eigenvalue weighted by atomic mass is 9.93. The molecule has 1 saturated heterocycles. The van der Waals surface area contributed by atoms with Crippen molar-refractivity contribution in [3.05, 3.63) is 35.9 Å². The minimum Gasteiger partial charge on any atom is -0.338 e. The summed E-state index contributed by atoms with van der Waals surface area (Å²) < 4.78 is 0. The van der Waals surface area contributed by atoms with E-state index in [1.807, 2.05) is 24.8 Å². The highest BCUT2D eigenvalue weighted by Gasteiger charge is 2.36. The topological polar surface area (TPSA) is 46.3 Å². The molecule has 21 heavy (non-hydrogen) atoms. The third kappa shape index (κ3) is 4.21. The number of carbonyl (C=O) groups excluding carboxylic acids is 1. The fourth-order valence-corrected chi connectivity index (χ4v) is 2.98. The normalized spacial score (nSPS) is 23.0. The number of nitrogens with two attached hydrogens (primary N) is 1. The maximum absolute atomic E-state index is 12.4. The zero-order valence-corrected chi connectivity index (χ0v) is 14.0. The van der Waals surface area contributed by atoms with Crippen LogP contribution in [0.2, 0.25) is 0 Å². The molecule has 3 atom stereocenters. The van der Waals surface area contributed by atoms with Crippen LogP contribution >= 0.6 is 12.4 Å². The van der Waals surface area contributed by atoms with E-state index < -0.39 is 0 Å². The molecule has 1 aliphatic heterocycles. The van der Waals surface area contributed by atoms with Gasteiger partial charge in [-0.2, -0.15) is 0 Å². The van der Waals surface area contributed by atoms with Gasteiger partial charge in [-0.25, -0.2) is 0 Å². The number of halogens is 1. The van der Waals surface area contributed by atoms with Gasteiger partial charge in [0, 0.05) is 12.6 Å². The Morgan fingerprint density at radius 3 is 2.52 bits per heavy atom. The first kappa shape index (κ1) is 18.0. The SMILES string of the molecule is CC(C)[C@H](N)C(=O)N1CCC(Cc2ccccc2)C1C.Cl. The van der Waals surface area contributed by atoms with Crippen LogP contribution in [-0.4, -0.2) is 29.4 Å². The van der Waals surface area contributed by atoms with Crippen molar-refractivity contribution < 1.29 is 4.79 Å². The van der Waals surface area contributed by atoms with Crippen molar-refractivity contribution >= 4 is 18.3 Å². The first-order chi connectivity index (χ1) is 9.50. The van der Waals surface area contributed by atoms with E-state index in [0.29, 0.717) is 5.92 Å². The van der Waals surface area contributed by atoms with Gasteiger partial charge >= 0.3 is 0 Å². The van der Waals surface area contributed by atoms with Crippen LogP contribution in [0.5, 0.6) is 0 Å². The third-order valence-corrected chi connectivity index (χ3v) is 4.54. The molecular weight excluding hydrogens is 284 g/mol. The number of carbonyl (C=O) groups is 1. The van der Waals surface area contributed by atoms with Crippen molar-refractivity contribution in [1.82, 2.24) is 4.90 Å². The highest BCUT2D eigenvalue weighted by atomic mass is 35.5. The lowest BCUT2D eigenvalue weighted by Gasteiger charge is -2.28. The monoisotopic (exact) mass is 310 g/mol. The summed E-state index contributed by atoms with van der Waals surface area (Å²) in [6, 6.07) is 10.4. The summed E-state index contributed by atoms with van der Waals surface area (Å²) in [7, 11) is 0. The summed E-state index contributed by atoms with van der Waals surface area (Å²) in [5.74, 6) is 0.853. The summed E-state index contributed by atoms with van der Waals surface area (Å²) in [6.45, 7) is 7.01. The summed E-state index contributed by atoms with van der Waals surface area (Å²) in [6.07, 6.45) is 2.12. The lowest BCUT2D eigenvalue weighted by Crippen LogP contribution is -2.48. The van der Waals surface area contributed by atoms with E-state index in [0.717, 1.165) is 19.4 Å². The second-order valence-electron chi connectivity index (χ2n) is 6.28. The molecule has 0 aromatic heterocycles. The molecule has 0 bridgehead atoms. The van der Waals surface area contributed by atoms with Gasteiger partial charge in [0.25, 0.3) is 0 Å². The fourth-order valence-electron chi connectivity index (χ4n) is 2.98. The van der Waals surface area contributed by atoms with Crippen LogP contribution in [0.15, 0.2) is 30.3 Å². The molecule has 0 aliphatic carbocycles. The molecule has 1 aliphatic rings. The molecule has 2 unspecified atom stereocenters. The van der Waals surface area contributed by atoms with Gasteiger partial charge in [-0.3, -0.25) is 4.79 Å². The molecule has 1 aromatic carbocycles. The van der Waals surface area contributed by atoms with Crippen molar-refractivity contribution in [2.45, 2.75) is 45.7 Å². The number of likely N-dealkylation sites (tertiary alicyclic amines) is 1. The first-order valence-electron chi connectivity index (χ1n) is 7.60. The number of amides is 1. The van der Waals surface area contributed by atoms with Crippen molar-refractivity contribution in [3.63, 3.8) is 0 Å². The van der Waals surface area contributed by atoms with Gasteiger partial charge in [0.15, 0.2) is 0 Å². The van der Waals surface area contributed by atoms with E-state index >= 15 is 0 Å². The molecule has 3 nitrogen and oxygen atoms in total. The van der Waals surface area contributed by atoms with E-state index in [1.54, 1.807) is 0 Å². The highest BCUT2D eigenvalue weighted by Crippen LogP contribution is 2.28. The van der Waals surface area contributed by atoms with Crippen LogP contribution in [0.25, 0.3) is 0 Å². The lowest BCUT2D eigenvalue weighted by molar-refractivity contribution is -0.134. The second kappa shape index (κ2) is 7.81. The van der Waals surface area contributed by atoms with Crippen LogP contribution in [-0.2, 0) is 11.2 Å². The molecule has 0 saturated carbocycles. The van der Waals surface area contributed by atoms with Gasteiger partial charge < -0.3 is 10.6 Å². The van der Waals surface area contributed by atoms with Gasteiger partial charge in [0.05, 0.1) is 6.04 Å². The smallest absolute Gasteiger partial charge is 0.239 e. The Labute approximate surface area is 134 Å². The number of hydrogen-bond acceptors (Lipinski definition) is 2. The quantitative estimate of drug-likeness (QED) is 0.929. The van der Waals surface area contributed by atoms with Gasteiger partial charge in [-0.15, -0.1) is 12.4 Å². The number of rotatable bonds is 4. The van der Waals surface area contributed by atoms with Crippen LogP contribution in [0.1, 0.15) is 32.8 Å². The zero-order valence-electron chi connectivity index (χ0n) is 13.2. The molecule has 0 spiro atoms. The molecule has 1 heterocycles. The Bertz CT molecular complexity index is 449. The van der Waals surface area contributed by atoms with Gasteiger partial charge in [0.2, 0.25) is 5.91 Å². The Kier molecular flexibility index (Phi) is 6.69. The summed E-state index contributed by atoms with van der Waals surface area (Å²) in [5, 5.41) is 0. The van der Waals surface area contributed by atoms with Crippen molar-refractivity contribution in [2.24, 2.45) is 17.6 Å². The molecule has 4 heteroatoms. The summed E-state index contributed by atoms with van der Waals surface area (Å²) in [4.78, 5) is 14.4. The number of nitrogens with zero attached hydrogens (tertiary/aromatic N) is 1. The zero-order chi connectivity index (χ0) is 14.7. The molecule has 2 N–H and O–H groups in total. The maximum Gasteiger partial charge on any atom is 0.239 e. The largest absolute Gasteiger partial charge is 0.338 e. The maximum atomic E-state index is 12.4. The molecule has 118 valence electrons. The molecule has 1 amide bonds. The van der Waals surface area contributed by atoms with Gasteiger partial charge in [0.1, 0.15) is 0 Å².